The molecule has 2 aromatic heterocycles. The smallest absolute Gasteiger partial charge is 0.242 e. The van der Waals surface area contributed by atoms with Gasteiger partial charge in [0.25, 0.3) is 0 Å². The van der Waals surface area contributed by atoms with Crippen LogP contribution in [0.2, 0.25) is 0 Å². The number of hydrogen-bond acceptors (Lipinski definition) is 5. The highest BCUT2D eigenvalue weighted by molar-refractivity contribution is 5.82. The van der Waals surface area contributed by atoms with E-state index in [0.29, 0.717) is 25.6 Å². The summed E-state index contributed by atoms with van der Waals surface area (Å²) < 4.78 is 14.8. The van der Waals surface area contributed by atoms with E-state index in [1.165, 1.54) is 12.1 Å². The van der Waals surface area contributed by atoms with Crippen LogP contribution in [0, 0.1) is 12.7 Å². The van der Waals surface area contributed by atoms with Gasteiger partial charge in [0.15, 0.2) is 0 Å². The zero-order valence-corrected chi connectivity index (χ0v) is 15.8. The van der Waals surface area contributed by atoms with Crippen LogP contribution < -0.4 is 4.90 Å². The first-order valence-corrected chi connectivity index (χ1v) is 9.10. The number of amides is 1. The summed E-state index contributed by atoms with van der Waals surface area (Å²) >= 11 is 0. The van der Waals surface area contributed by atoms with Crippen LogP contribution in [-0.2, 0) is 18.4 Å². The summed E-state index contributed by atoms with van der Waals surface area (Å²) in [5.41, 5.74) is 3.55. The molecule has 1 aliphatic rings. The van der Waals surface area contributed by atoms with Crippen molar-refractivity contribution in [2.45, 2.75) is 13.5 Å². The summed E-state index contributed by atoms with van der Waals surface area (Å²) in [5, 5.41) is 4.36. The Kier molecular flexibility index (Phi) is 4.77. The first-order valence-electron chi connectivity index (χ1n) is 9.10. The third-order valence-electron chi connectivity index (χ3n) is 4.82. The number of nitrogens with zero attached hydrogens (tertiary/aromatic N) is 6. The van der Waals surface area contributed by atoms with Crippen LogP contribution in [0.25, 0.3) is 11.3 Å². The van der Waals surface area contributed by atoms with Gasteiger partial charge in [-0.1, -0.05) is 12.1 Å². The topological polar surface area (TPSA) is 67.2 Å². The number of benzene rings is 1. The standard InChI is InChI=1S/C20H21FN6O/c1-14-17(12-25(2)24-14)18-7-8-22-20(23-18)27-10-9-26(19(28)13-27)11-15-3-5-16(21)6-4-15/h3-8,12H,9-11,13H2,1-2H3. The molecule has 28 heavy (non-hydrogen) atoms. The van der Waals surface area contributed by atoms with Crippen molar-refractivity contribution >= 4 is 11.9 Å². The lowest BCUT2D eigenvalue weighted by Gasteiger charge is -2.34. The van der Waals surface area contributed by atoms with Gasteiger partial charge >= 0.3 is 0 Å². The van der Waals surface area contributed by atoms with E-state index in [1.54, 1.807) is 27.9 Å². The summed E-state index contributed by atoms with van der Waals surface area (Å²) in [7, 11) is 1.87. The van der Waals surface area contributed by atoms with E-state index in [4.69, 9.17) is 0 Å². The Balaban J connectivity index is 1.47. The number of aryl methyl sites for hydroxylation is 2. The molecule has 0 bridgehead atoms. The van der Waals surface area contributed by atoms with Crippen LogP contribution >= 0.6 is 0 Å². The van der Waals surface area contributed by atoms with Crippen molar-refractivity contribution in [1.29, 1.82) is 0 Å². The normalized spacial score (nSPS) is 14.6. The van der Waals surface area contributed by atoms with E-state index in [2.05, 4.69) is 15.1 Å². The number of aromatic nitrogens is 4. The number of hydrogen-bond donors (Lipinski definition) is 0. The predicted octanol–water partition coefficient (Wildman–Crippen LogP) is 2.17. The molecule has 0 unspecified atom stereocenters. The average molecular weight is 380 g/mol. The second-order valence-corrected chi connectivity index (χ2v) is 6.91. The zero-order chi connectivity index (χ0) is 19.7. The molecule has 1 amide bonds. The van der Waals surface area contributed by atoms with Crippen molar-refractivity contribution in [3.63, 3.8) is 0 Å². The molecule has 0 atom stereocenters. The van der Waals surface area contributed by atoms with Gasteiger partial charge in [0.2, 0.25) is 11.9 Å². The molecular formula is C20H21FN6O. The second kappa shape index (κ2) is 7.38. The summed E-state index contributed by atoms with van der Waals surface area (Å²) in [6, 6.07) is 8.08. The Morgan fingerprint density at radius 2 is 1.93 bits per heavy atom. The summed E-state index contributed by atoms with van der Waals surface area (Å²) in [6.07, 6.45) is 3.63. The van der Waals surface area contributed by atoms with Crippen molar-refractivity contribution in [1.82, 2.24) is 24.6 Å². The minimum Gasteiger partial charge on any atom is -0.335 e. The molecule has 4 rings (SSSR count). The molecular weight excluding hydrogens is 359 g/mol. The molecule has 7 nitrogen and oxygen atoms in total. The fourth-order valence-electron chi connectivity index (χ4n) is 3.36. The highest BCUT2D eigenvalue weighted by atomic mass is 19.1. The highest BCUT2D eigenvalue weighted by Crippen LogP contribution is 2.22. The van der Waals surface area contributed by atoms with E-state index in [0.717, 1.165) is 22.5 Å². The van der Waals surface area contributed by atoms with E-state index in [9.17, 15) is 9.18 Å². The third kappa shape index (κ3) is 3.71. The second-order valence-electron chi connectivity index (χ2n) is 6.91. The first kappa shape index (κ1) is 18.1. The van der Waals surface area contributed by atoms with Gasteiger partial charge in [0, 0.05) is 44.6 Å². The third-order valence-corrected chi connectivity index (χ3v) is 4.82. The molecule has 0 N–H and O–H groups in total. The van der Waals surface area contributed by atoms with E-state index < -0.39 is 0 Å². The van der Waals surface area contributed by atoms with Crippen LogP contribution in [0.4, 0.5) is 10.3 Å². The van der Waals surface area contributed by atoms with Crippen LogP contribution in [0.3, 0.4) is 0 Å². The SMILES string of the molecule is Cc1nn(C)cc1-c1ccnc(N2CCN(Cc3ccc(F)cc3)C(=O)C2)n1. The number of halogens is 1. The Morgan fingerprint density at radius 1 is 1.14 bits per heavy atom. The minimum atomic E-state index is -0.277. The van der Waals surface area contributed by atoms with Crippen molar-refractivity contribution < 1.29 is 9.18 Å². The lowest BCUT2D eigenvalue weighted by molar-refractivity contribution is -0.131. The van der Waals surface area contributed by atoms with Gasteiger partial charge in [-0.05, 0) is 30.7 Å². The fraction of sp³-hybridized carbons (Fsp3) is 0.300. The maximum atomic E-state index is 13.1. The lowest BCUT2D eigenvalue weighted by atomic mass is 10.2. The lowest BCUT2D eigenvalue weighted by Crippen LogP contribution is -2.50. The maximum absolute atomic E-state index is 13.1. The molecule has 3 heterocycles. The Labute approximate surface area is 162 Å². The Morgan fingerprint density at radius 3 is 2.61 bits per heavy atom. The van der Waals surface area contributed by atoms with Crippen LogP contribution in [0.5, 0.6) is 0 Å². The number of anilines is 1. The first-order chi connectivity index (χ1) is 13.5. The fourth-order valence-corrected chi connectivity index (χ4v) is 3.36. The van der Waals surface area contributed by atoms with Crippen molar-refractivity contribution in [3.05, 3.63) is 59.8 Å². The van der Waals surface area contributed by atoms with Gasteiger partial charge in [-0.3, -0.25) is 9.48 Å². The number of rotatable bonds is 4. The van der Waals surface area contributed by atoms with Gasteiger partial charge in [0.1, 0.15) is 12.4 Å². The molecule has 0 spiro atoms. The average Bonchev–Trinajstić information content (AvgIpc) is 3.03. The van der Waals surface area contributed by atoms with E-state index in [-0.39, 0.29) is 18.3 Å². The molecule has 1 aromatic carbocycles. The highest BCUT2D eigenvalue weighted by Gasteiger charge is 2.26. The van der Waals surface area contributed by atoms with Gasteiger partial charge in [0.05, 0.1) is 11.4 Å². The van der Waals surface area contributed by atoms with Crippen molar-refractivity contribution in [2.24, 2.45) is 7.05 Å². The van der Waals surface area contributed by atoms with E-state index in [1.807, 2.05) is 31.1 Å². The van der Waals surface area contributed by atoms with Gasteiger partial charge < -0.3 is 9.80 Å². The van der Waals surface area contributed by atoms with E-state index >= 15 is 0 Å². The molecule has 144 valence electrons. The maximum Gasteiger partial charge on any atom is 0.242 e. The van der Waals surface area contributed by atoms with Gasteiger partial charge in [-0.2, -0.15) is 5.10 Å². The van der Waals surface area contributed by atoms with Crippen LogP contribution in [-0.4, -0.2) is 50.2 Å². The number of carbonyl (C=O) groups excluding carboxylic acids is 1. The van der Waals surface area contributed by atoms with Crippen LogP contribution in [0.1, 0.15) is 11.3 Å². The Hall–Kier alpha value is -3.29. The molecule has 3 aromatic rings. The quantitative estimate of drug-likeness (QED) is 0.694. The summed E-state index contributed by atoms with van der Waals surface area (Å²) in [4.78, 5) is 25.3. The molecule has 1 saturated heterocycles. The number of piperazine rings is 1. The molecule has 8 heteroatoms. The molecule has 0 saturated carbocycles. The molecule has 1 fully saturated rings. The zero-order valence-electron chi connectivity index (χ0n) is 15.8. The monoisotopic (exact) mass is 380 g/mol. The largest absolute Gasteiger partial charge is 0.335 e. The molecule has 0 radical (unpaired) electrons. The molecule has 1 aliphatic heterocycles. The number of carbonyl (C=O) groups is 1. The Bertz CT molecular complexity index is 1000. The van der Waals surface area contributed by atoms with Gasteiger partial charge in [-0.15, -0.1) is 0 Å². The minimum absolute atomic E-state index is 0.00198. The summed E-state index contributed by atoms with van der Waals surface area (Å²) in [5.74, 6) is 0.262. The van der Waals surface area contributed by atoms with Crippen LogP contribution in [0.15, 0.2) is 42.7 Å². The van der Waals surface area contributed by atoms with Crippen molar-refractivity contribution in [2.75, 3.05) is 24.5 Å². The summed E-state index contributed by atoms with van der Waals surface area (Å²) in [6.45, 7) is 3.84. The van der Waals surface area contributed by atoms with Crippen molar-refractivity contribution in [3.8, 4) is 11.3 Å². The molecule has 0 aliphatic carbocycles. The predicted molar refractivity (Wildman–Crippen MR) is 103 cm³/mol. The van der Waals surface area contributed by atoms with Gasteiger partial charge in [-0.25, -0.2) is 14.4 Å².